The van der Waals surface area contributed by atoms with Gasteiger partial charge in [-0.1, -0.05) is 59.6 Å². The van der Waals surface area contributed by atoms with E-state index in [0.29, 0.717) is 41.4 Å². The highest BCUT2D eigenvalue weighted by molar-refractivity contribution is 14.1. The maximum absolute atomic E-state index is 13.4. The number of ether oxygens (including phenoxy) is 2. The van der Waals surface area contributed by atoms with Gasteiger partial charge in [0.25, 0.3) is 5.56 Å². The van der Waals surface area contributed by atoms with E-state index in [1.807, 2.05) is 31.2 Å². The first kappa shape index (κ1) is 27.3. The van der Waals surface area contributed by atoms with Crippen LogP contribution in [0.1, 0.15) is 55.6 Å². The second kappa shape index (κ2) is 12.2. The highest BCUT2D eigenvalue weighted by atomic mass is 127. The molecular weight excluding hydrogens is 645 g/mol. The average Bonchev–Trinajstić information content (AvgIpc) is 2.88. The van der Waals surface area contributed by atoms with Crippen molar-refractivity contribution in [1.82, 2.24) is 9.66 Å². The van der Waals surface area contributed by atoms with Crippen LogP contribution in [0.5, 0.6) is 11.5 Å². The summed E-state index contributed by atoms with van der Waals surface area (Å²) >= 11 is 5.70. The Labute approximate surface area is 239 Å². The summed E-state index contributed by atoms with van der Waals surface area (Å²) in [4.78, 5) is 18.2. The van der Waals surface area contributed by atoms with Gasteiger partial charge in [-0.05, 0) is 84.3 Å². The molecule has 4 rings (SSSR count). The number of fused-ring (bicyclic) bond motifs is 1. The van der Waals surface area contributed by atoms with Crippen molar-refractivity contribution < 1.29 is 9.47 Å². The summed E-state index contributed by atoms with van der Waals surface area (Å²) in [6.07, 6.45) is 2.51. The van der Waals surface area contributed by atoms with Gasteiger partial charge in [0.2, 0.25) is 0 Å². The molecule has 0 amide bonds. The Bertz CT molecular complexity index is 1500. The summed E-state index contributed by atoms with van der Waals surface area (Å²) in [6, 6.07) is 17.7. The van der Waals surface area contributed by atoms with Crippen LogP contribution in [-0.4, -0.2) is 22.5 Å². The molecule has 1 aromatic heterocycles. The quantitative estimate of drug-likeness (QED) is 0.137. The standard InChI is InChI=1S/C29H29BrIN3O3/c1-5-19(4)28-33-25-12-11-22(30)15-23(25)29(35)34(28)32-16-21-13-24(31)27(26(14-21)36-6-2)37-17-20-9-7-18(3)8-10-20/h7-16,19H,5-6,17H2,1-4H3/t19-/m1/s1. The van der Waals surface area contributed by atoms with Gasteiger partial charge in [0.1, 0.15) is 12.4 Å². The van der Waals surface area contributed by atoms with E-state index in [1.54, 1.807) is 12.3 Å². The third-order valence-electron chi connectivity index (χ3n) is 6.04. The second-order valence-corrected chi connectivity index (χ2v) is 10.9. The van der Waals surface area contributed by atoms with Crippen molar-refractivity contribution in [3.8, 4) is 11.5 Å². The molecule has 0 unspecified atom stereocenters. The van der Waals surface area contributed by atoms with Crippen LogP contribution >= 0.6 is 38.5 Å². The number of aryl methyl sites for hydroxylation is 1. The lowest BCUT2D eigenvalue weighted by atomic mass is 10.1. The minimum atomic E-state index is -0.198. The van der Waals surface area contributed by atoms with Gasteiger partial charge >= 0.3 is 0 Å². The molecule has 0 aliphatic carbocycles. The number of rotatable bonds is 9. The third-order valence-corrected chi connectivity index (χ3v) is 7.34. The highest BCUT2D eigenvalue weighted by Crippen LogP contribution is 2.34. The summed E-state index contributed by atoms with van der Waals surface area (Å²) in [5.41, 5.74) is 3.56. The fraction of sp³-hybridized carbons (Fsp3) is 0.276. The Morgan fingerprint density at radius 2 is 1.86 bits per heavy atom. The molecule has 1 heterocycles. The van der Waals surface area contributed by atoms with E-state index in [2.05, 4.69) is 88.7 Å². The lowest BCUT2D eigenvalue weighted by Crippen LogP contribution is -2.23. The average molecular weight is 674 g/mol. The lowest BCUT2D eigenvalue weighted by molar-refractivity contribution is 0.267. The first-order valence-electron chi connectivity index (χ1n) is 12.2. The fourth-order valence-corrected chi connectivity index (χ4v) is 4.95. The van der Waals surface area contributed by atoms with E-state index in [9.17, 15) is 4.79 Å². The van der Waals surface area contributed by atoms with Gasteiger partial charge in [0.15, 0.2) is 11.5 Å². The van der Waals surface area contributed by atoms with Crippen LogP contribution in [0.2, 0.25) is 0 Å². The van der Waals surface area contributed by atoms with Gasteiger partial charge in [0.05, 0.1) is 27.3 Å². The SMILES string of the molecule is CCOc1cc(C=Nn2c([C@H](C)CC)nc3ccc(Br)cc3c2=O)cc(I)c1OCc1ccc(C)cc1. The number of hydrogen-bond acceptors (Lipinski definition) is 5. The van der Waals surface area contributed by atoms with Crippen LogP contribution in [0.3, 0.4) is 0 Å². The molecule has 3 aromatic carbocycles. The number of hydrogen-bond donors (Lipinski definition) is 0. The van der Waals surface area contributed by atoms with Crippen molar-refractivity contribution in [3.05, 3.63) is 95.5 Å². The highest BCUT2D eigenvalue weighted by Gasteiger charge is 2.16. The maximum Gasteiger partial charge on any atom is 0.282 e. The predicted octanol–water partition coefficient (Wildman–Crippen LogP) is 7.45. The molecule has 0 aliphatic rings. The third kappa shape index (κ3) is 6.41. The summed E-state index contributed by atoms with van der Waals surface area (Å²) < 4.78 is 15.2. The van der Waals surface area contributed by atoms with E-state index < -0.39 is 0 Å². The second-order valence-electron chi connectivity index (χ2n) is 8.84. The molecular formula is C29H29BrIN3O3. The van der Waals surface area contributed by atoms with Crippen LogP contribution in [0.4, 0.5) is 0 Å². The zero-order valence-corrected chi connectivity index (χ0v) is 25.0. The van der Waals surface area contributed by atoms with Gasteiger partial charge in [-0.25, -0.2) is 4.98 Å². The molecule has 6 nitrogen and oxygen atoms in total. The van der Waals surface area contributed by atoms with Gasteiger partial charge in [-0.15, -0.1) is 0 Å². The van der Waals surface area contributed by atoms with Crippen molar-refractivity contribution in [2.24, 2.45) is 5.10 Å². The maximum atomic E-state index is 13.4. The molecule has 0 saturated heterocycles. The summed E-state index contributed by atoms with van der Waals surface area (Å²) in [6.45, 7) is 9.06. The number of aromatic nitrogens is 2. The summed E-state index contributed by atoms with van der Waals surface area (Å²) in [7, 11) is 0. The summed E-state index contributed by atoms with van der Waals surface area (Å²) in [5, 5.41) is 5.12. The van der Waals surface area contributed by atoms with Crippen LogP contribution in [0, 0.1) is 10.5 Å². The molecule has 0 N–H and O–H groups in total. The molecule has 1 atom stereocenters. The van der Waals surface area contributed by atoms with E-state index in [1.165, 1.54) is 10.2 Å². The van der Waals surface area contributed by atoms with Gasteiger partial charge in [-0.2, -0.15) is 9.78 Å². The molecule has 0 aliphatic heterocycles. The first-order chi connectivity index (χ1) is 17.8. The molecule has 0 bridgehead atoms. The zero-order chi connectivity index (χ0) is 26.5. The topological polar surface area (TPSA) is 65.7 Å². The largest absolute Gasteiger partial charge is 0.490 e. The fourth-order valence-electron chi connectivity index (χ4n) is 3.81. The number of nitrogens with zero attached hydrogens (tertiary/aromatic N) is 3. The Balaban J connectivity index is 1.71. The van der Waals surface area contributed by atoms with E-state index >= 15 is 0 Å². The normalized spacial score (nSPS) is 12.3. The molecule has 0 fully saturated rings. The minimum absolute atomic E-state index is 0.0644. The first-order valence-corrected chi connectivity index (χ1v) is 14.1. The Kier molecular flexibility index (Phi) is 9.02. The van der Waals surface area contributed by atoms with Crippen molar-refractivity contribution in [1.29, 1.82) is 0 Å². The van der Waals surface area contributed by atoms with Crippen molar-refractivity contribution in [2.45, 2.75) is 46.6 Å². The van der Waals surface area contributed by atoms with Crippen LogP contribution in [0.25, 0.3) is 10.9 Å². The zero-order valence-electron chi connectivity index (χ0n) is 21.3. The number of halogens is 2. The lowest BCUT2D eigenvalue weighted by Gasteiger charge is -2.15. The van der Waals surface area contributed by atoms with Gasteiger partial charge in [-0.3, -0.25) is 4.79 Å². The van der Waals surface area contributed by atoms with Crippen LogP contribution in [-0.2, 0) is 6.61 Å². The van der Waals surface area contributed by atoms with E-state index in [4.69, 9.17) is 14.5 Å². The van der Waals surface area contributed by atoms with Gasteiger partial charge < -0.3 is 9.47 Å². The van der Waals surface area contributed by atoms with E-state index in [0.717, 1.165) is 25.6 Å². The van der Waals surface area contributed by atoms with Gasteiger partial charge in [0, 0.05) is 10.4 Å². The minimum Gasteiger partial charge on any atom is -0.490 e. The van der Waals surface area contributed by atoms with Crippen LogP contribution in [0.15, 0.2) is 69.0 Å². The number of benzene rings is 3. The molecule has 4 aromatic rings. The molecule has 0 saturated carbocycles. The molecule has 8 heteroatoms. The van der Waals surface area contributed by atoms with Crippen LogP contribution < -0.4 is 15.0 Å². The molecule has 0 spiro atoms. The summed E-state index contributed by atoms with van der Waals surface area (Å²) in [5.74, 6) is 2.03. The van der Waals surface area contributed by atoms with Crippen molar-refractivity contribution >= 4 is 55.6 Å². The molecule has 0 radical (unpaired) electrons. The Morgan fingerprint density at radius 3 is 2.57 bits per heavy atom. The molecule has 37 heavy (non-hydrogen) atoms. The van der Waals surface area contributed by atoms with Crippen molar-refractivity contribution in [2.75, 3.05) is 6.61 Å². The predicted molar refractivity (Wildman–Crippen MR) is 161 cm³/mol. The Hall–Kier alpha value is -2.72. The Morgan fingerprint density at radius 1 is 1.11 bits per heavy atom. The smallest absolute Gasteiger partial charge is 0.282 e. The van der Waals surface area contributed by atoms with Crippen molar-refractivity contribution in [3.63, 3.8) is 0 Å². The monoisotopic (exact) mass is 673 g/mol. The molecule has 192 valence electrons. The van der Waals surface area contributed by atoms with E-state index in [-0.39, 0.29) is 11.5 Å².